The molecule has 246 valence electrons. The van der Waals surface area contributed by atoms with Crippen molar-refractivity contribution in [2.24, 2.45) is 0 Å². The first-order chi connectivity index (χ1) is 25.6. The molecule has 1 heteroatoms. The number of anilines is 3. The molecule has 1 nitrogen and oxygen atoms in total. The van der Waals surface area contributed by atoms with E-state index in [1.165, 1.54) is 88.2 Å². The number of para-hydroxylation sites is 1. The van der Waals surface area contributed by atoms with Crippen molar-refractivity contribution in [2.45, 2.75) is 19.3 Å². The summed E-state index contributed by atoms with van der Waals surface area (Å²) in [6.07, 6.45) is 0. The standard InChI is InChI=1S/C51H37N/c1-51(2)44-33-32-36-19-7-9-24-40(36)49(44)43-28-15-31-47(50(43)51)52(45-30-14-20-34-18-6-8-23-38(34)45)46-29-11-10-25-41(46)42-27-13-22-37-21-12-26-39(48(37)42)35-16-4-3-5-17-35/h3-33H,1-2H3. The number of hydrogen-bond donors (Lipinski definition) is 0. The highest BCUT2D eigenvalue weighted by Gasteiger charge is 2.40. The fraction of sp³-hybridized carbons (Fsp3) is 0.0588. The molecule has 0 unspecified atom stereocenters. The maximum Gasteiger partial charge on any atom is 0.0540 e. The van der Waals surface area contributed by atoms with Crippen LogP contribution in [0.25, 0.3) is 65.7 Å². The van der Waals surface area contributed by atoms with Crippen LogP contribution in [0.1, 0.15) is 25.0 Å². The van der Waals surface area contributed by atoms with Crippen LogP contribution < -0.4 is 4.90 Å². The van der Waals surface area contributed by atoms with E-state index in [-0.39, 0.29) is 5.41 Å². The molecule has 52 heavy (non-hydrogen) atoms. The van der Waals surface area contributed by atoms with Crippen molar-refractivity contribution in [1.82, 2.24) is 0 Å². The Balaban J connectivity index is 1.30. The Labute approximate surface area is 305 Å². The average Bonchev–Trinajstić information content (AvgIpc) is 3.45. The molecule has 0 spiro atoms. The van der Waals surface area contributed by atoms with Gasteiger partial charge in [-0.2, -0.15) is 0 Å². The second-order valence-electron chi connectivity index (χ2n) is 14.5. The van der Waals surface area contributed by atoms with Gasteiger partial charge in [-0.25, -0.2) is 0 Å². The van der Waals surface area contributed by atoms with Gasteiger partial charge in [0.2, 0.25) is 0 Å². The Morgan fingerprint density at radius 1 is 0.365 bits per heavy atom. The first-order valence-corrected chi connectivity index (χ1v) is 18.2. The summed E-state index contributed by atoms with van der Waals surface area (Å²) in [5, 5.41) is 7.52. The largest absolute Gasteiger partial charge is 0.309 e. The average molecular weight is 664 g/mol. The highest BCUT2D eigenvalue weighted by Crippen LogP contribution is 2.57. The van der Waals surface area contributed by atoms with Crippen molar-refractivity contribution in [3.05, 3.63) is 199 Å². The van der Waals surface area contributed by atoms with E-state index in [0.717, 1.165) is 5.69 Å². The summed E-state index contributed by atoms with van der Waals surface area (Å²) < 4.78 is 0. The molecular weight excluding hydrogens is 627 g/mol. The summed E-state index contributed by atoms with van der Waals surface area (Å²) in [5.41, 5.74) is 13.6. The fourth-order valence-corrected chi connectivity index (χ4v) is 8.92. The minimum absolute atomic E-state index is 0.233. The quantitative estimate of drug-likeness (QED) is 0.177. The second kappa shape index (κ2) is 11.8. The summed E-state index contributed by atoms with van der Waals surface area (Å²) in [6, 6.07) is 69.1. The van der Waals surface area contributed by atoms with Crippen LogP contribution >= 0.6 is 0 Å². The molecule has 9 aromatic carbocycles. The van der Waals surface area contributed by atoms with E-state index in [1.54, 1.807) is 0 Å². The molecule has 1 aliphatic carbocycles. The molecule has 0 aromatic heterocycles. The van der Waals surface area contributed by atoms with Crippen LogP contribution in [0.3, 0.4) is 0 Å². The molecule has 0 saturated heterocycles. The number of nitrogens with zero attached hydrogens (tertiary/aromatic N) is 1. The smallest absolute Gasteiger partial charge is 0.0540 e. The van der Waals surface area contributed by atoms with Crippen LogP contribution in [-0.4, -0.2) is 0 Å². The van der Waals surface area contributed by atoms with Gasteiger partial charge >= 0.3 is 0 Å². The molecule has 0 amide bonds. The van der Waals surface area contributed by atoms with Gasteiger partial charge in [-0.3, -0.25) is 0 Å². The molecule has 0 bridgehead atoms. The summed E-state index contributed by atoms with van der Waals surface area (Å²) in [6.45, 7) is 4.81. The van der Waals surface area contributed by atoms with E-state index in [9.17, 15) is 0 Å². The summed E-state index contributed by atoms with van der Waals surface area (Å²) in [7, 11) is 0. The molecule has 0 radical (unpaired) electrons. The minimum Gasteiger partial charge on any atom is -0.309 e. The van der Waals surface area contributed by atoms with Gasteiger partial charge in [-0.15, -0.1) is 0 Å². The van der Waals surface area contributed by atoms with Gasteiger partial charge in [-0.05, 0) is 84.1 Å². The summed E-state index contributed by atoms with van der Waals surface area (Å²) in [5.74, 6) is 0. The molecule has 0 N–H and O–H groups in total. The van der Waals surface area contributed by atoms with Gasteiger partial charge < -0.3 is 4.90 Å². The van der Waals surface area contributed by atoms with Crippen LogP contribution in [0, 0.1) is 0 Å². The summed E-state index contributed by atoms with van der Waals surface area (Å²) in [4.78, 5) is 2.55. The van der Waals surface area contributed by atoms with Crippen LogP contribution in [-0.2, 0) is 5.41 Å². The molecule has 10 rings (SSSR count). The Kier molecular flexibility index (Phi) is 6.91. The normalized spacial score (nSPS) is 13.0. The number of hydrogen-bond acceptors (Lipinski definition) is 1. The van der Waals surface area contributed by atoms with Crippen LogP contribution in [0.4, 0.5) is 17.1 Å². The van der Waals surface area contributed by atoms with Gasteiger partial charge in [-0.1, -0.05) is 184 Å². The topological polar surface area (TPSA) is 3.24 Å². The lowest BCUT2D eigenvalue weighted by molar-refractivity contribution is 0.661. The maximum absolute atomic E-state index is 2.55. The van der Waals surface area contributed by atoms with Crippen molar-refractivity contribution < 1.29 is 0 Å². The van der Waals surface area contributed by atoms with Gasteiger partial charge in [0.05, 0.1) is 17.1 Å². The lowest BCUT2D eigenvalue weighted by Crippen LogP contribution is -2.21. The Morgan fingerprint density at radius 2 is 0.904 bits per heavy atom. The van der Waals surface area contributed by atoms with E-state index >= 15 is 0 Å². The Hall–Kier alpha value is -6.44. The van der Waals surface area contributed by atoms with E-state index in [2.05, 4.69) is 207 Å². The molecular formula is C51H37N. The monoisotopic (exact) mass is 663 g/mol. The van der Waals surface area contributed by atoms with Crippen molar-refractivity contribution in [3.63, 3.8) is 0 Å². The van der Waals surface area contributed by atoms with E-state index in [0.29, 0.717) is 0 Å². The lowest BCUT2D eigenvalue weighted by Gasteiger charge is -2.34. The molecule has 9 aromatic rings. The molecule has 1 aliphatic rings. The van der Waals surface area contributed by atoms with Gasteiger partial charge in [0.1, 0.15) is 0 Å². The zero-order valence-electron chi connectivity index (χ0n) is 29.3. The predicted molar refractivity (Wildman–Crippen MR) is 222 cm³/mol. The van der Waals surface area contributed by atoms with Crippen LogP contribution in [0.2, 0.25) is 0 Å². The zero-order valence-corrected chi connectivity index (χ0v) is 29.3. The number of rotatable bonds is 5. The van der Waals surface area contributed by atoms with Gasteiger partial charge in [0.25, 0.3) is 0 Å². The van der Waals surface area contributed by atoms with Crippen molar-refractivity contribution in [2.75, 3.05) is 4.90 Å². The minimum atomic E-state index is -0.233. The van der Waals surface area contributed by atoms with Crippen LogP contribution in [0.5, 0.6) is 0 Å². The zero-order chi connectivity index (χ0) is 34.8. The Bertz CT molecular complexity index is 2820. The maximum atomic E-state index is 2.55. The third-order valence-corrected chi connectivity index (χ3v) is 11.2. The number of fused-ring (bicyclic) bond motifs is 7. The highest BCUT2D eigenvalue weighted by molar-refractivity contribution is 6.11. The van der Waals surface area contributed by atoms with Crippen LogP contribution in [0.15, 0.2) is 188 Å². The fourth-order valence-electron chi connectivity index (χ4n) is 8.92. The van der Waals surface area contributed by atoms with E-state index in [1.807, 2.05) is 0 Å². The molecule has 0 heterocycles. The van der Waals surface area contributed by atoms with Gasteiger partial charge in [0, 0.05) is 16.4 Å². The third-order valence-electron chi connectivity index (χ3n) is 11.2. The lowest BCUT2D eigenvalue weighted by atomic mass is 9.80. The molecule has 0 fully saturated rings. The highest BCUT2D eigenvalue weighted by atomic mass is 15.2. The first-order valence-electron chi connectivity index (χ1n) is 18.2. The summed E-state index contributed by atoms with van der Waals surface area (Å²) >= 11 is 0. The van der Waals surface area contributed by atoms with E-state index < -0.39 is 0 Å². The first kappa shape index (κ1) is 30.4. The third kappa shape index (κ3) is 4.56. The Morgan fingerprint density at radius 3 is 1.73 bits per heavy atom. The van der Waals surface area contributed by atoms with Crippen molar-refractivity contribution in [3.8, 4) is 33.4 Å². The SMILES string of the molecule is CC1(C)c2ccc3ccccc3c2-c2cccc(N(c3ccccc3-c3cccc4cccc(-c5ccccc5)c34)c3cccc4ccccc34)c21. The molecule has 0 saturated carbocycles. The molecule has 0 atom stereocenters. The second-order valence-corrected chi connectivity index (χ2v) is 14.5. The van der Waals surface area contributed by atoms with E-state index in [4.69, 9.17) is 0 Å². The molecule has 0 aliphatic heterocycles. The number of benzene rings is 9. The predicted octanol–water partition coefficient (Wildman–Crippen LogP) is 14.3. The van der Waals surface area contributed by atoms with Gasteiger partial charge in [0.15, 0.2) is 0 Å². The van der Waals surface area contributed by atoms with Crippen molar-refractivity contribution >= 4 is 49.4 Å². The van der Waals surface area contributed by atoms with Crippen molar-refractivity contribution in [1.29, 1.82) is 0 Å².